The Hall–Kier alpha value is -2.79. The smallest absolute Gasteiger partial charge is 0.255 e. The highest BCUT2D eigenvalue weighted by Crippen LogP contribution is 2.21. The minimum atomic E-state index is -0.200. The van der Waals surface area contributed by atoms with Crippen molar-refractivity contribution in [2.24, 2.45) is 0 Å². The number of aromatic nitrogens is 1. The van der Waals surface area contributed by atoms with Crippen molar-refractivity contribution in [2.45, 2.75) is 27.0 Å². The summed E-state index contributed by atoms with van der Waals surface area (Å²) in [5.41, 5.74) is 3.12. The molecule has 3 aromatic rings. The van der Waals surface area contributed by atoms with Crippen molar-refractivity contribution in [1.29, 1.82) is 0 Å². The Kier molecular flexibility index (Phi) is 5.58. The summed E-state index contributed by atoms with van der Waals surface area (Å²) in [4.78, 5) is 12.6. The number of rotatable bonds is 6. The van der Waals surface area contributed by atoms with Crippen LogP contribution in [0.4, 0.5) is 0 Å². The number of para-hydroxylation sites is 1. The fraction of sp³-hybridized carbons (Fsp3) is 0.200. The summed E-state index contributed by atoms with van der Waals surface area (Å²) >= 11 is 5.88. The zero-order chi connectivity index (χ0) is 18.5. The van der Waals surface area contributed by atoms with Crippen LogP contribution in [0.3, 0.4) is 0 Å². The highest BCUT2D eigenvalue weighted by molar-refractivity contribution is 6.30. The fourth-order valence-electron chi connectivity index (χ4n) is 2.52. The Morgan fingerprint density at radius 2 is 1.88 bits per heavy atom. The number of benzene rings is 2. The second kappa shape index (κ2) is 8.06. The zero-order valence-corrected chi connectivity index (χ0v) is 15.3. The van der Waals surface area contributed by atoms with E-state index in [-0.39, 0.29) is 5.91 Å². The highest BCUT2D eigenvalue weighted by Gasteiger charge is 2.14. The summed E-state index contributed by atoms with van der Waals surface area (Å²) < 4.78 is 11.0. The number of ether oxygens (including phenoxy) is 1. The summed E-state index contributed by atoms with van der Waals surface area (Å²) in [6.07, 6.45) is 0. The molecule has 1 N–H and O–H groups in total. The molecule has 0 atom stereocenters. The van der Waals surface area contributed by atoms with Crippen molar-refractivity contribution in [3.8, 4) is 5.75 Å². The lowest BCUT2D eigenvalue weighted by Gasteiger charge is -2.12. The molecular formula is C20H19ClN2O3. The number of aryl methyl sites for hydroxylation is 2. The molecule has 0 aliphatic rings. The summed E-state index contributed by atoms with van der Waals surface area (Å²) in [7, 11) is 0. The SMILES string of the molecule is Cc1noc(C)c1COc1ccccc1C(=O)NCc1ccc(Cl)cc1. The van der Waals surface area contributed by atoms with Gasteiger partial charge in [0.25, 0.3) is 5.91 Å². The highest BCUT2D eigenvalue weighted by atomic mass is 35.5. The molecule has 0 aliphatic carbocycles. The molecule has 0 bridgehead atoms. The van der Waals surface area contributed by atoms with Crippen molar-refractivity contribution >= 4 is 17.5 Å². The van der Waals surface area contributed by atoms with Crippen LogP contribution in [-0.4, -0.2) is 11.1 Å². The third-order valence-corrected chi connectivity index (χ3v) is 4.30. The summed E-state index contributed by atoms with van der Waals surface area (Å²) in [5.74, 6) is 1.03. The van der Waals surface area contributed by atoms with Crippen LogP contribution in [0.1, 0.15) is 32.9 Å². The second-order valence-corrected chi connectivity index (χ2v) is 6.33. The van der Waals surface area contributed by atoms with E-state index in [1.807, 2.05) is 32.0 Å². The molecule has 0 aliphatic heterocycles. The standard InChI is InChI=1S/C20H19ClN2O3/c1-13-18(14(2)26-23-13)12-25-19-6-4-3-5-17(19)20(24)22-11-15-7-9-16(21)10-8-15/h3-10H,11-12H2,1-2H3,(H,22,24). The molecule has 5 nitrogen and oxygen atoms in total. The van der Waals surface area contributed by atoms with Crippen LogP contribution < -0.4 is 10.1 Å². The van der Waals surface area contributed by atoms with Crippen LogP contribution in [0, 0.1) is 13.8 Å². The van der Waals surface area contributed by atoms with E-state index in [1.54, 1.807) is 30.3 Å². The van der Waals surface area contributed by atoms with Crippen molar-refractivity contribution < 1.29 is 14.1 Å². The van der Waals surface area contributed by atoms with Crippen LogP contribution in [0.25, 0.3) is 0 Å². The first-order chi connectivity index (χ1) is 12.5. The van der Waals surface area contributed by atoms with E-state index in [2.05, 4.69) is 10.5 Å². The Labute approximate surface area is 156 Å². The van der Waals surface area contributed by atoms with E-state index in [0.29, 0.717) is 35.2 Å². The monoisotopic (exact) mass is 370 g/mol. The van der Waals surface area contributed by atoms with Gasteiger partial charge in [0.2, 0.25) is 0 Å². The second-order valence-electron chi connectivity index (χ2n) is 5.90. The Balaban J connectivity index is 1.67. The molecule has 134 valence electrons. The summed E-state index contributed by atoms with van der Waals surface area (Å²) in [6, 6.07) is 14.5. The number of halogens is 1. The number of carbonyl (C=O) groups excluding carboxylic acids is 1. The van der Waals surface area contributed by atoms with E-state index in [9.17, 15) is 4.79 Å². The van der Waals surface area contributed by atoms with Crippen molar-refractivity contribution in [3.63, 3.8) is 0 Å². The van der Waals surface area contributed by atoms with Gasteiger partial charge >= 0.3 is 0 Å². The van der Waals surface area contributed by atoms with Crippen LogP contribution in [0.15, 0.2) is 53.1 Å². The quantitative estimate of drug-likeness (QED) is 0.696. The van der Waals surface area contributed by atoms with Gasteiger partial charge < -0.3 is 14.6 Å². The third kappa shape index (κ3) is 4.24. The first kappa shape index (κ1) is 18.0. The summed E-state index contributed by atoms with van der Waals surface area (Å²) in [5, 5.41) is 7.47. The van der Waals surface area contributed by atoms with Gasteiger partial charge in [-0.15, -0.1) is 0 Å². The minimum absolute atomic E-state index is 0.200. The summed E-state index contributed by atoms with van der Waals surface area (Å²) in [6.45, 7) is 4.40. The first-order valence-electron chi connectivity index (χ1n) is 8.21. The van der Waals surface area contributed by atoms with E-state index in [4.69, 9.17) is 20.9 Å². The van der Waals surface area contributed by atoms with Gasteiger partial charge in [-0.05, 0) is 43.7 Å². The lowest BCUT2D eigenvalue weighted by molar-refractivity contribution is 0.0946. The van der Waals surface area contributed by atoms with Crippen LogP contribution in [-0.2, 0) is 13.2 Å². The van der Waals surface area contributed by atoms with Gasteiger partial charge in [0.1, 0.15) is 18.1 Å². The molecule has 6 heteroatoms. The first-order valence-corrected chi connectivity index (χ1v) is 8.58. The van der Waals surface area contributed by atoms with E-state index in [0.717, 1.165) is 16.8 Å². The molecule has 0 spiro atoms. The van der Waals surface area contributed by atoms with E-state index in [1.165, 1.54) is 0 Å². The maximum atomic E-state index is 12.6. The van der Waals surface area contributed by atoms with Gasteiger partial charge in [0, 0.05) is 11.6 Å². The molecule has 1 heterocycles. The van der Waals surface area contributed by atoms with Crippen LogP contribution >= 0.6 is 11.6 Å². The number of amides is 1. The molecular weight excluding hydrogens is 352 g/mol. The molecule has 0 saturated heterocycles. The van der Waals surface area contributed by atoms with Crippen molar-refractivity contribution in [1.82, 2.24) is 10.5 Å². The number of carbonyl (C=O) groups is 1. The molecule has 0 unspecified atom stereocenters. The van der Waals surface area contributed by atoms with Crippen LogP contribution in [0.2, 0.25) is 5.02 Å². The van der Waals surface area contributed by atoms with Gasteiger partial charge in [0.05, 0.1) is 16.8 Å². The maximum absolute atomic E-state index is 12.6. The van der Waals surface area contributed by atoms with Gasteiger partial charge in [-0.25, -0.2) is 0 Å². The number of nitrogens with one attached hydrogen (secondary N) is 1. The van der Waals surface area contributed by atoms with Crippen LogP contribution in [0.5, 0.6) is 5.75 Å². The van der Waals surface area contributed by atoms with Crippen molar-refractivity contribution in [2.75, 3.05) is 0 Å². The van der Waals surface area contributed by atoms with E-state index < -0.39 is 0 Å². The third-order valence-electron chi connectivity index (χ3n) is 4.05. The number of hydrogen-bond acceptors (Lipinski definition) is 4. The lowest BCUT2D eigenvalue weighted by atomic mass is 10.1. The molecule has 26 heavy (non-hydrogen) atoms. The number of nitrogens with zero attached hydrogens (tertiary/aromatic N) is 1. The van der Waals surface area contributed by atoms with Gasteiger partial charge in [0.15, 0.2) is 0 Å². The van der Waals surface area contributed by atoms with Gasteiger partial charge in [-0.2, -0.15) is 0 Å². The normalized spacial score (nSPS) is 10.6. The molecule has 1 amide bonds. The largest absolute Gasteiger partial charge is 0.488 e. The Morgan fingerprint density at radius 1 is 1.15 bits per heavy atom. The van der Waals surface area contributed by atoms with Gasteiger partial charge in [-0.1, -0.05) is 41.0 Å². The molecule has 0 saturated carbocycles. The lowest BCUT2D eigenvalue weighted by Crippen LogP contribution is -2.23. The topological polar surface area (TPSA) is 64.4 Å². The fourth-order valence-corrected chi connectivity index (χ4v) is 2.64. The average molecular weight is 371 g/mol. The average Bonchev–Trinajstić information content (AvgIpc) is 2.97. The van der Waals surface area contributed by atoms with Crippen molar-refractivity contribution in [3.05, 3.63) is 81.7 Å². The minimum Gasteiger partial charge on any atom is -0.488 e. The van der Waals surface area contributed by atoms with E-state index >= 15 is 0 Å². The maximum Gasteiger partial charge on any atom is 0.255 e. The zero-order valence-electron chi connectivity index (χ0n) is 14.6. The Morgan fingerprint density at radius 3 is 2.58 bits per heavy atom. The molecule has 0 radical (unpaired) electrons. The molecule has 2 aromatic carbocycles. The molecule has 1 aromatic heterocycles. The Bertz CT molecular complexity index is 884. The molecule has 0 fully saturated rings. The predicted molar refractivity (Wildman–Crippen MR) is 99.4 cm³/mol. The molecule has 3 rings (SSSR count). The predicted octanol–water partition coefficient (Wildman–Crippen LogP) is 4.45. The number of hydrogen-bond donors (Lipinski definition) is 1. The van der Waals surface area contributed by atoms with Gasteiger partial charge in [-0.3, -0.25) is 4.79 Å².